The van der Waals surface area contributed by atoms with Gasteiger partial charge in [-0.15, -0.1) is 11.8 Å². The van der Waals surface area contributed by atoms with Crippen molar-refractivity contribution in [2.45, 2.75) is 52.0 Å². The van der Waals surface area contributed by atoms with E-state index in [1.807, 2.05) is 56.3 Å². The van der Waals surface area contributed by atoms with Gasteiger partial charge in [-0.3, -0.25) is 9.59 Å². The summed E-state index contributed by atoms with van der Waals surface area (Å²) in [6, 6.07) is 15.4. The molecule has 2 aromatic carbocycles. The Morgan fingerprint density at radius 1 is 1.13 bits per heavy atom. The number of carbonyl (C=O) groups excluding carboxylic acids is 2. The van der Waals surface area contributed by atoms with E-state index in [1.165, 1.54) is 0 Å². The van der Waals surface area contributed by atoms with Crippen LogP contribution in [0.25, 0.3) is 0 Å². The molecule has 1 atom stereocenters. The number of nitrogens with zero attached hydrogens (tertiary/aromatic N) is 1. The van der Waals surface area contributed by atoms with E-state index in [0.717, 1.165) is 41.0 Å². The van der Waals surface area contributed by atoms with Gasteiger partial charge in [0.25, 0.3) is 0 Å². The summed E-state index contributed by atoms with van der Waals surface area (Å²) < 4.78 is 5.19. The predicted molar refractivity (Wildman–Crippen MR) is 128 cm³/mol. The van der Waals surface area contributed by atoms with Crippen molar-refractivity contribution in [3.05, 3.63) is 65.2 Å². The quantitative estimate of drug-likeness (QED) is 0.489. The average molecular weight is 443 g/mol. The van der Waals surface area contributed by atoms with Crippen molar-refractivity contribution in [3.63, 3.8) is 0 Å². The van der Waals surface area contributed by atoms with Crippen LogP contribution >= 0.6 is 11.8 Å². The van der Waals surface area contributed by atoms with Crippen LogP contribution in [0, 0.1) is 6.92 Å². The highest BCUT2D eigenvalue weighted by atomic mass is 32.2. The minimum Gasteiger partial charge on any atom is -0.497 e. The molecular formula is C25H34N2O3S. The van der Waals surface area contributed by atoms with Crippen LogP contribution in [0.5, 0.6) is 5.75 Å². The van der Waals surface area contributed by atoms with E-state index in [4.69, 9.17) is 4.74 Å². The van der Waals surface area contributed by atoms with Gasteiger partial charge in [0.05, 0.1) is 12.9 Å². The first-order valence-electron chi connectivity index (χ1n) is 10.8. The molecule has 0 fully saturated rings. The van der Waals surface area contributed by atoms with Crippen LogP contribution in [-0.2, 0) is 21.9 Å². The van der Waals surface area contributed by atoms with Crippen LogP contribution < -0.4 is 10.1 Å². The molecule has 0 spiro atoms. The van der Waals surface area contributed by atoms with Crippen molar-refractivity contribution < 1.29 is 14.3 Å². The molecule has 0 aliphatic rings. The van der Waals surface area contributed by atoms with Crippen molar-refractivity contribution in [1.82, 2.24) is 10.2 Å². The zero-order valence-corrected chi connectivity index (χ0v) is 19.8. The Kier molecular flexibility index (Phi) is 10.4. The summed E-state index contributed by atoms with van der Waals surface area (Å²) in [7, 11) is 1.64. The maximum Gasteiger partial charge on any atom is 0.242 e. The molecule has 6 heteroatoms. The highest BCUT2D eigenvalue weighted by Gasteiger charge is 2.25. The lowest BCUT2D eigenvalue weighted by Crippen LogP contribution is -2.48. The molecule has 2 rings (SSSR count). The molecule has 0 heterocycles. The Labute approximate surface area is 190 Å². The summed E-state index contributed by atoms with van der Waals surface area (Å²) in [6.07, 6.45) is 1.95. The Balaban J connectivity index is 2.02. The molecule has 168 valence electrons. The van der Waals surface area contributed by atoms with Gasteiger partial charge in [0.1, 0.15) is 11.8 Å². The van der Waals surface area contributed by atoms with Gasteiger partial charge in [0.2, 0.25) is 11.8 Å². The molecule has 0 bridgehead atoms. The summed E-state index contributed by atoms with van der Waals surface area (Å²) >= 11 is 1.56. The summed E-state index contributed by atoms with van der Waals surface area (Å²) in [5.74, 6) is 1.74. The number of aryl methyl sites for hydroxylation is 1. The van der Waals surface area contributed by atoms with Gasteiger partial charge in [-0.05, 0) is 43.5 Å². The van der Waals surface area contributed by atoms with E-state index in [2.05, 4.69) is 18.3 Å². The van der Waals surface area contributed by atoms with Crippen molar-refractivity contribution >= 4 is 23.6 Å². The fourth-order valence-electron chi connectivity index (χ4n) is 3.19. The number of hydrogen-bond acceptors (Lipinski definition) is 4. The second-order valence-electron chi connectivity index (χ2n) is 7.67. The van der Waals surface area contributed by atoms with Gasteiger partial charge in [0, 0.05) is 18.8 Å². The number of thioether (sulfide) groups is 1. The van der Waals surface area contributed by atoms with Crippen LogP contribution in [0.3, 0.4) is 0 Å². The smallest absolute Gasteiger partial charge is 0.242 e. The number of unbranched alkanes of at least 4 members (excludes halogenated alkanes) is 1. The number of rotatable bonds is 12. The van der Waals surface area contributed by atoms with Crippen LogP contribution in [0.15, 0.2) is 48.5 Å². The molecule has 0 aromatic heterocycles. The standard InChI is InChI=1S/C25H34N2O3S/c1-5-6-14-26-25(29)20(3)27(16-22-9-7-8-19(2)15-22)24(28)18-31-17-21-10-12-23(30-4)13-11-21/h7-13,15,20H,5-6,14,16-18H2,1-4H3,(H,26,29)/t20-/m0/s1. The maximum atomic E-state index is 13.1. The fourth-order valence-corrected chi connectivity index (χ4v) is 4.06. The first-order chi connectivity index (χ1) is 14.9. The fraction of sp³-hybridized carbons (Fsp3) is 0.440. The minimum atomic E-state index is -0.522. The SMILES string of the molecule is CCCCNC(=O)[C@H](C)N(Cc1cccc(C)c1)C(=O)CSCc1ccc(OC)cc1. The summed E-state index contributed by atoms with van der Waals surface area (Å²) in [5.41, 5.74) is 3.30. The zero-order valence-electron chi connectivity index (χ0n) is 19.0. The van der Waals surface area contributed by atoms with Crippen LogP contribution in [0.2, 0.25) is 0 Å². The van der Waals surface area contributed by atoms with Crippen molar-refractivity contribution in [2.75, 3.05) is 19.4 Å². The van der Waals surface area contributed by atoms with E-state index < -0.39 is 6.04 Å². The average Bonchev–Trinajstić information content (AvgIpc) is 2.77. The highest BCUT2D eigenvalue weighted by molar-refractivity contribution is 7.99. The number of benzene rings is 2. The molecule has 0 saturated heterocycles. The minimum absolute atomic E-state index is 0.0295. The Morgan fingerprint density at radius 2 is 1.87 bits per heavy atom. The molecule has 0 unspecified atom stereocenters. The molecule has 0 aliphatic carbocycles. The molecular weight excluding hydrogens is 408 g/mol. The van der Waals surface area contributed by atoms with Crippen molar-refractivity contribution in [2.24, 2.45) is 0 Å². The number of ether oxygens (including phenoxy) is 1. The lowest BCUT2D eigenvalue weighted by molar-refractivity contribution is -0.138. The number of hydrogen-bond donors (Lipinski definition) is 1. The molecule has 0 saturated carbocycles. The number of amides is 2. The molecule has 2 amide bonds. The second-order valence-corrected chi connectivity index (χ2v) is 8.66. The third-order valence-electron chi connectivity index (χ3n) is 5.09. The van der Waals surface area contributed by atoms with Gasteiger partial charge in [0.15, 0.2) is 0 Å². The number of methoxy groups -OCH3 is 1. The summed E-state index contributed by atoms with van der Waals surface area (Å²) in [4.78, 5) is 27.4. The van der Waals surface area contributed by atoms with Crippen LogP contribution in [0.4, 0.5) is 0 Å². The molecule has 1 N–H and O–H groups in total. The molecule has 0 radical (unpaired) electrons. The number of carbonyl (C=O) groups is 2. The largest absolute Gasteiger partial charge is 0.497 e. The third-order valence-corrected chi connectivity index (χ3v) is 6.07. The Hall–Kier alpha value is -2.47. The predicted octanol–water partition coefficient (Wildman–Crippen LogP) is 4.57. The summed E-state index contributed by atoms with van der Waals surface area (Å²) in [5, 5.41) is 2.96. The van der Waals surface area contributed by atoms with Crippen LogP contribution in [0.1, 0.15) is 43.4 Å². The first-order valence-corrected chi connectivity index (χ1v) is 11.9. The Morgan fingerprint density at radius 3 is 2.52 bits per heavy atom. The Bertz CT molecular complexity index is 839. The first kappa shape index (κ1) is 24.8. The van der Waals surface area contributed by atoms with E-state index in [-0.39, 0.29) is 11.8 Å². The highest BCUT2D eigenvalue weighted by Crippen LogP contribution is 2.18. The maximum absolute atomic E-state index is 13.1. The van der Waals surface area contributed by atoms with Gasteiger partial charge in [-0.1, -0.05) is 55.3 Å². The lowest BCUT2D eigenvalue weighted by Gasteiger charge is -2.29. The van der Waals surface area contributed by atoms with Gasteiger partial charge >= 0.3 is 0 Å². The monoisotopic (exact) mass is 442 g/mol. The van der Waals surface area contributed by atoms with E-state index in [9.17, 15) is 9.59 Å². The van der Waals surface area contributed by atoms with Gasteiger partial charge in [-0.2, -0.15) is 0 Å². The summed E-state index contributed by atoms with van der Waals surface area (Å²) in [6.45, 7) is 6.98. The van der Waals surface area contributed by atoms with E-state index in [1.54, 1.807) is 23.8 Å². The van der Waals surface area contributed by atoms with E-state index >= 15 is 0 Å². The molecule has 31 heavy (non-hydrogen) atoms. The van der Waals surface area contributed by atoms with Crippen molar-refractivity contribution in [3.8, 4) is 5.75 Å². The van der Waals surface area contributed by atoms with Gasteiger partial charge < -0.3 is 15.0 Å². The van der Waals surface area contributed by atoms with Crippen LogP contribution in [-0.4, -0.2) is 42.2 Å². The van der Waals surface area contributed by atoms with E-state index in [0.29, 0.717) is 18.8 Å². The third kappa shape index (κ3) is 8.29. The topological polar surface area (TPSA) is 58.6 Å². The zero-order chi connectivity index (χ0) is 22.6. The number of nitrogens with one attached hydrogen (secondary N) is 1. The second kappa shape index (κ2) is 13.1. The van der Waals surface area contributed by atoms with Crippen molar-refractivity contribution in [1.29, 1.82) is 0 Å². The molecule has 2 aromatic rings. The van der Waals surface area contributed by atoms with Gasteiger partial charge in [-0.25, -0.2) is 0 Å². The normalized spacial score (nSPS) is 11.6. The molecule has 0 aliphatic heterocycles. The molecule has 5 nitrogen and oxygen atoms in total. The lowest BCUT2D eigenvalue weighted by atomic mass is 10.1.